The van der Waals surface area contributed by atoms with Gasteiger partial charge in [-0.25, -0.2) is 0 Å². The van der Waals surface area contributed by atoms with Crippen LogP contribution in [0.4, 0.5) is 0 Å². The summed E-state index contributed by atoms with van der Waals surface area (Å²) in [6.07, 6.45) is -1.58. The molecule has 1 saturated heterocycles. The molecule has 2 heterocycles. The van der Waals surface area contributed by atoms with Gasteiger partial charge in [0.2, 0.25) is 0 Å². The fourth-order valence-corrected chi connectivity index (χ4v) is 1.62. The Bertz CT molecular complexity index is 319. The van der Waals surface area contributed by atoms with Crippen LogP contribution < -0.4 is 5.32 Å². The summed E-state index contributed by atoms with van der Waals surface area (Å²) >= 11 is 0. The van der Waals surface area contributed by atoms with Gasteiger partial charge in [-0.05, 0) is 6.08 Å². The monoisotopic (exact) mass is 230 g/mol. The number of hydrogen-bond donors (Lipinski definition) is 5. The molecule has 0 aromatic carbocycles. The minimum absolute atomic E-state index is 0.475. The minimum Gasteiger partial charge on any atom is -0.394 e. The number of ether oxygens (including phenoxy) is 1. The van der Waals surface area contributed by atoms with E-state index in [9.17, 15) is 15.3 Å². The van der Waals surface area contributed by atoms with Crippen LogP contribution in [0, 0.1) is 0 Å². The maximum Gasteiger partial charge on any atom is 0.180 e. The third-order valence-electron chi connectivity index (χ3n) is 2.63. The average Bonchev–Trinajstić information content (AvgIpc) is 2.21. The van der Waals surface area contributed by atoms with Crippen LogP contribution in [0.15, 0.2) is 17.3 Å². The first-order valence-electron chi connectivity index (χ1n) is 4.95. The van der Waals surface area contributed by atoms with Gasteiger partial charge in [-0.15, -0.1) is 0 Å². The zero-order chi connectivity index (χ0) is 11.7. The van der Waals surface area contributed by atoms with E-state index in [1.807, 2.05) is 0 Å². The number of aliphatic hydroxyl groups excluding tert-OH is 4. The van der Waals surface area contributed by atoms with Gasteiger partial charge in [0, 0.05) is 6.20 Å². The molecule has 0 amide bonds. The van der Waals surface area contributed by atoms with Gasteiger partial charge < -0.3 is 30.5 Å². The molecule has 2 rings (SSSR count). The van der Waals surface area contributed by atoms with Crippen LogP contribution in [0.1, 0.15) is 0 Å². The molecule has 90 valence electrons. The lowest BCUT2D eigenvalue weighted by atomic mass is 9.97. The van der Waals surface area contributed by atoms with Crippen LogP contribution in [-0.4, -0.2) is 63.5 Å². The molecule has 5 N–H and O–H groups in total. The second kappa shape index (κ2) is 4.48. The zero-order valence-corrected chi connectivity index (χ0v) is 8.39. The summed E-state index contributed by atoms with van der Waals surface area (Å²) < 4.78 is 4.94. The number of aliphatic imine (C=N–C) groups is 1. The Morgan fingerprint density at radius 3 is 2.50 bits per heavy atom. The minimum atomic E-state index is -1.35. The summed E-state index contributed by atoms with van der Waals surface area (Å²) in [5.41, 5.74) is 0. The molecule has 7 nitrogen and oxygen atoms in total. The van der Waals surface area contributed by atoms with Crippen molar-refractivity contribution in [1.29, 1.82) is 0 Å². The van der Waals surface area contributed by atoms with E-state index in [4.69, 9.17) is 9.84 Å². The van der Waals surface area contributed by atoms with Gasteiger partial charge in [0.1, 0.15) is 30.2 Å². The number of amidine groups is 1. The second-order valence-electron chi connectivity index (χ2n) is 3.71. The zero-order valence-electron chi connectivity index (χ0n) is 8.39. The van der Waals surface area contributed by atoms with Gasteiger partial charge in [-0.2, -0.15) is 0 Å². The summed E-state index contributed by atoms with van der Waals surface area (Å²) in [6, 6.07) is -0.967. The van der Waals surface area contributed by atoms with Crippen LogP contribution in [0.25, 0.3) is 0 Å². The van der Waals surface area contributed by atoms with Crippen LogP contribution >= 0.6 is 0 Å². The summed E-state index contributed by atoms with van der Waals surface area (Å²) in [4.78, 5) is 3.97. The first-order chi connectivity index (χ1) is 7.63. The van der Waals surface area contributed by atoms with Crippen LogP contribution in [0.2, 0.25) is 0 Å². The highest BCUT2D eigenvalue weighted by Gasteiger charge is 2.43. The van der Waals surface area contributed by atoms with Crippen molar-refractivity contribution in [2.45, 2.75) is 30.6 Å². The highest BCUT2D eigenvalue weighted by molar-refractivity contribution is 5.98. The lowest BCUT2D eigenvalue weighted by Gasteiger charge is -2.38. The van der Waals surface area contributed by atoms with Gasteiger partial charge in [-0.3, -0.25) is 4.99 Å². The van der Waals surface area contributed by atoms with E-state index in [0.29, 0.717) is 5.84 Å². The van der Waals surface area contributed by atoms with Gasteiger partial charge >= 0.3 is 0 Å². The third-order valence-corrected chi connectivity index (χ3v) is 2.63. The van der Waals surface area contributed by atoms with Crippen LogP contribution in [-0.2, 0) is 4.74 Å². The Morgan fingerprint density at radius 2 is 2.00 bits per heavy atom. The molecule has 5 atom stereocenters. The molecule has 0 saturated carbocycles. The van der Waals surface area contributed by atoms with Gasteiger partial charge in [-0.1, -0.05) is 0 Å². The van der Waals surface area contributed by atoms with Gasteiger partial charge in [0.15, 0.2) is 6.29 Å². The molecule has 7 heteroatoms. The standard InChI is InChI=1S/C9H14N2O5/c12-3-4-7(13)8(14)6(9(15)16-4)11-5-1-2-10-5/h1-2,4,6-9,12-15H,3H2,(H,10,11)/t4-,6-,7-,8-,9?/m1/s1. The van der Waals surface area contributed by atoms with E-state index in [1.54, 1.807) is 12.3 Å². The first-order valence-corrected chi connectivity index (χ1v) is 4.95. The normalized spacial score (nSPS) is 45.2. The van der Waals surface area contributed by atoms with Gasteiger partial charge in [0.25, 0.3) is 0 Å². The predicted octanol–water partition coefficient (Wildman–Crippen LogP) is -2.70. The van der Waals surface area contributed by atoms with Crippen molar-refractivity contribution in [3.8, 4) is 0 Å². The summed E-state index contributed by atoms with van der Waals surface area (Å²) in [6.45, 7) is -0.475. The van der Waals surface area contributed by atoms with Crippen molar-refractivity contribution in [2.75, 3.05) is 6.61 Å². The fourth-order valence-electron chi connectivity index (χ4n) is 1.62. The number of rotatable bonds is 2. The third kappa shape index (κ3) is 1.95. The van der Waals surface area contributed by atoms with Crippen molar-refractivity contribution < 1.29 is 25.2 Å². The fraction of sp³-hybridized carbons (Fsp3) is 0.667. The van der Waals surface area contributed by atoms with Crippen LogP contribution in [0.5, 0.6) is 0 Å². The van der Waals surface area contributed by atoms with E-state index in [2.05, 4.69) is 10.3 Å². The van der Waals surface area contributed by atoms with E-state index >= 15 is 0 Å². The Morgan fingerprint density at radius 1 is 1.31 bits per heavy atom. The van der Waals surface area contributed by atoms with Crippen molar-refractivity contribution in [3.05, 3.63) is 12.3 Å². The maximum atomic E-state index is 9.72. The molecule has 2 aliphatic heterocycles. The SMILES string of the molecule is OC[C@H]1OC(O)[C@H](N=C2C=CN2)[C@@H](O)[C@@H]1O. The largest absolute Gasteiger partial charge is 0.394 e. The summed E-state index contributed by atoms with van der Waals surface area (Å²) in [5.74, 6) is 0.501. The van der Waals surface area contributed by atoms with E-state index in [-0.39, 0.29) is 0 Å². The van der Waals surface area contributed by atoms with E-state index in [1.165, 1.54) is 0 Å². The molecular formula is C9H14N2O5. The lowest BCUT2D eigenvalue weighted by molar-refractivity contribution is -0.248. The number of nitrogens with zero attached hydrogens (tertiary/aromatic N) is 1. The Labute approximate surface area is 91.7 Å². The molecular weight excluding hydrogens is 216 g/mol. The smallest absolute Gasteiger partial charge is 0.180 e. The predicted molar refractivity (Wildman–Crippen MR) is 53.5 cm³/mol. The second-order valence-corrected chi connectivity index (χ2v) is 3.71. The van der Waals surface area contributed by atoms with Crippen molar-refractivity contribution >= 4 is 5.84 Å². The molecule has 0 aromatic rings. The van der Waals surface area contributed by atoms with E-state index in [0.717, 1.165) is 0 Å². The topological polar surface area (TPSA) is 115 Å². The molecule has 0 aromatic heterocycles. The van der Waals surface area contributed by atoms with E-state index < -0.39 is 37.3 Å². The highest BCUT2D eigenvalue weighted by atomic mass is 16.6. The van der Waals surface area contributed by atoms with Crippen molar-refractivity contribution in [1.82, 2.24) is 5.32 Å². The van der Waals surface area contributed by atoms with Crippen LogP contribution in [0.3, 0.4) is 0 Å². The summed E-state index contributed by atoms with van der Waals surface area (Å²) in [7, 11) is 0. The van der Waals surface area contributed by atoms with Crippen molar-refractivity contribution in [3.63, 3.8) is 0 Å². The first kappa shape index (κ1) is 11.5. The summed E-state index contributed by atoms with van der Waals surface area (Å²) in [5, 5.41) is 40.4. The Balaban J connectivity index is 2.10. The number of aliphatic hydroxyl groups is 4. The van der Waals surface area contributed by atoms with Gasteiger partial charge in [0.05, 0.1) is 6.61 Å². The maximum absolute atomic E-state index is 9.72. The number of nitrogens with one attached hydrogen (secondary N) is 1. The molecule has 0 aliphatic carbocycles. The number of hydrogen-bond acceptors (Lipinski definition) is 6. The molecule has 2 aliphatic rings. The molecule has 1 fully saturated rings. The molecule has 16 heavy (non-hydrogen) atoms. The molecule has 0 bridgehead atoms. The quantitative estimate of drug-likeness (QED) is 0.353. The molecule has 1 unspecified atom stereocenters. The lowest BCUT2D eigenvalue weighted by Crippen LogP contribution is -2.58. The average molecular weight is 230 g/mol. The molecule has 0 spiro atoms. The Kier molecular flexibility index (Phi) is 3.22. The van der Waals surface area contributed by atoms with Crippen molar-refractivity contribution in [2.24, 2.45) is 4.99 Å². The Hall–Kier alpha value is -0.990. The highest BCUT2D eigenvalue weighted by Crippen LogP contribution is 2.22. The molecule has 0 radical (unpaired) electrons.